The van der Waals surface area contributed by atoms with Gasteiger partial charge in [0.15, 0.2) is 9.84 Å². The van der Waals surface area contributed by atoms with Crippen LogP contribution in [0.4, 0.5) is 0 Å². The van der Waals surface area contributed by atoms with E-state index in [4.69, 9.17) is 4.65 Å². The number of rotatable bonds is 4. The molecule has 0 unspecified atom stereocenters. The monoisotopic (exact) mass is 394 g/mol. The van der Waals surface area contributed by atoms with Crippen molar-refractivity contribution in [3.05, 3.63) is 60.3 Å². The van der Waals surface area contributed by atoms with Crippen LogP contribution in [-0.2, 0) is 9.84 Å². The minimum atomic E-state index is -3.28. The van der Waals surface area contributed by atoms with Crippen LogP contribution in [-0.4, -0.2) is 36.3 Å². The molecule has 28 heavy (non-hydrogen) atoms. The number of hydrogen-bond donors (Lipinski definition) is 2. The van der Waals surface area contributed by atoms with Gasteiger partial charge in [-0.15, -0.1) is 0 Å². The van der Waals surface area contributed by atoms with Crippen LogP contribution in [0.2, 0.25) is 0 Å². The Balaban J connectivity index is 1.38. The van der Waals surface area contributed by atoms with E-state index in [0.717, 1.165) is 35.0 Å². The third kappa shape index (κ3) is 2.93. The molecule has 0 amide bonds. The fourth-order valence-corrected chi connectivity index (χ4v) is 5.94. The molecule has 2 aliphatic rings. The van der Waals surface area contributed by atoms with E-state index in [0.29, 0.717) is 10.6 Å². The number of pyridine rings is 1. The maximum Gasteiger partial charge on any atom is 0.552 e. The van der Waals surface area contributed by atoms with Gasteiger partial charge in [-0.2, -0.15) is 0 Å². The molecule has 0 radical (unpaired) electrons. The zero-order chi connectivity index (χ0) is 19.3. The molecule has 0 saturated heterocycles. The number of aromatic nitrogens is 2. The quantitative estimate of drug-likeness (QED) is 0.664. The predicted octanol–water partition coefficient (Wildman–Crippen LogP) is 2.86. The van der Waals surface area contributed by atoms with E-state index in [1.165, 1.54) is 0 Å². The van der Waals surface area contributed by atoms with Crippen LogP contribution < -0.4 is 4.65 Å². The maximum atomic E-state index is 12.6. The number of allylic oxidation sites excluding steroid dienone is 1. The molecule has 0 spiro atoms. The first-order valence-electron chi connectivity index (χ1n) is 9.32. The molecule has 1 fully saturated rings. The van der Waals surface area contributed by atoms with Crippen LogP contribution in [0.1, 0.15) is 18.4 Å². The number of benzene rings is 1. The molecule has 6 nitrogen and oxygen atoms in total. The summed E-state index contributed by atoms with van der Waals surface area (Å²) >= 11 is 0. The zero-order valence-electron chi connectivity index (χ0n) is 15.1. The standard InChI is InChI=1S/C20H19BN2O4S/c24-21-10-17(19-16-6-7-22-20(16)23-11-18(19)27-21)14-8-13(9-14)12-28(25,26)15-4-2-1-3-5-15/h1-7,10-11,13-14,24H,8-9,12H2,(H,22,23). The van der Waals surface area contributed by atoms with Gasteiger partial charge >= 0.3 is 7.12 Å². The molecule has 1 aromatic carbocycles. The summed E-state index contributed by atoms with van der Waals surface area (Å²) in [6.07, 6.45) is 5.01. The second-order valence-electron chi connectivity index (χ2n) is 7.50. The van der Waals surface area contributed by atoms with Crippen molar-refractivity contribution in [1.29, 1.82) is 0 Å². The zero-order valence-corrected chi connectivity index (χ0v) is 15.9. The van der Waals surface area contributed by atoms with Gasteiger partial charge in [0.25, 0.3) is 0 Å². The lowest BCUT2D eigenvalue weighted by Crippen LogP contribution is -2.33. The summed E-state index contributed by atoms with van der Waals surface area (Å²) in [6, 6.07) is 10.6. The Morgan fingerprint density at radius 2 is 2.00 bits per heavy atom. The average Bonchev–Trinajstić information content (AvgIpc) is 3.13. The van der Waals surface area contributed by atoms with Gasteiger partial charge in [-0.1, -0.05) is 18.2 Å². The first-order valence-corrected chi connectivity index (χ1v) is 11.0. The van der Waals surface area contributed by atoms with Gasteiger partial charge in [0.2, 0.25) is 0 Å². The summed E-state index contributed by atoms with van der Waals surface area (Å²) in [4.78, 5) is 7.80. The van der Waals surface area contributed by atoms with Crippen molar-refractivity contribution in [2.45, 2.75) is 17.7 Å². The van der Waals surface area contributed by atoms with Gasteiger partial charge in [0, 0.05) is 17.1 Å². The summed E-state index contributed by atoms with van der Waals surface area (Å²) in [6.45, 7) is 0. The smallest absolute Gasteiger partial charge is 0.531 e. The molecule has 2 N–H and O–H groups in total. The Morgan fingerprint density at radius 3 is 2.79 bits per heavy atom. The van der Waals surface area contributed by atoms with E-state index >= 15 is 0 Å². The molecule has 0 bridgehead atoms. The van der Waals surface area contributed by atoms with Crippen molar-refractivity contribution in [3.63, 3.8) is 0 Å². The van der Waals surface area contributed by atoms with E-state index in [9.17, 15) is 13.4 Å². The third-order valence-electron chi connectivity index (χ3n) is 5.64. The van der Waals surface area contributed by atoms with Crippen molar-refractivity contribution >= 4 is 33.6 Å². The van der Waals surface area contributed by atoms with Crippen LogP contribution in [0.25, 0.3) is 16.6 Å². The first-order chi connectivity index (χ1) is 13.5. The lowest BCUT2D eigenvalue weighted by Gasteiger charge is -2.38. The Bertz CT molecular complexity index is 1170. The Kier molecular flexibility index (Phi) is 4.06. The molecule has 142 valence electrons. The number of sulfone groups is 1. The molecule has 0 atom stereocenters. The number of nitrogens with one attached hydrogen (secondary N) is 1. The minimum absolute atomic E-state index is 0.114. The van der Waals surface area contributed by atoms with Crippen LogP contribution in [0.5, 0.6) is 5.75 Å². The average molecular weight is 394 g/mol. The van der Waals surface area contributed by atoms with Gasteiger partial charge in [0.1, 0.15) is 11.4 Å². The summed E-state index contributed by atoms with van der Waals surface area (Å²) in [5.74, 6) is 2.78. The van der Waals surface area contributed by atoms with Gasteiger partial charge in [-0.25, -0.2) is 13.4 Å². The topological polar surface area (TPSA) is 92.3 Å². The molecular formula is C20H19BN2O4S. The first kappa shape index (κ1) is 17.5. The summed E-state index contributed by atoms with van der Waals surface area (Å²) < 4.78 is 30.8. The van der Waals surface area contributed by atoms with Crippen LogP contribution in [0, 0.1) is 11.8 Å². The van der Waals surface area contributed by atoms with E-state index in [1.807, 2.05) is 18.3 Å². The normalized spacial score (nSPS) is 21.6. The lowest BCUT2D eigenvalue weighted by molar-refractivity contribution is 0.273. The summed E-state index contributed by atoms with van der Waals surface area (Å²) in [5, 5.41) is 11.0. The minimum Gasteiger partial charge on any atom is -0.531 e. The molecule has 1 saturated carbocycles. The van der Waals surface area contributed by atoms with E-state index in [1.54, 1.807) is 36.4 Å². The van der Waals surface area contributed by atoms with Crippen LogP contribution in [0.3, 0.4) is 0 Å². The summed E-state index contributed by atoms with van der Waals surface area (Å²) in [7, 11) is -4.29. The highest BCUT2D eigenvalue weighted by molar-refractivity contribution is 7.91. The van der Waals surface area contributed by atoms with E-state index < -0.39 is 17.0 Å². The number of aromatic amines is 1. The predicted molar refractivity (Wildman–Crippen MR) is 107 cm³/mol. The highest BCUT2D eigenvalue weighted by atomic mass is 32.2. The van der Waals surface area contributed by atoms with E-state index in [-0.39, 0.29) is 17.6 Å². The second-order valence-corrected chi connectivity index (χ2v) is 9.53. The Hall–Kier alpha value is -2.58. The highest BCUT2D eigenvalue weighted by Crippen LogP contribution is 2.48. The number of fused-ring (bicyclic) bond motifs is 3. The number of nitrogens with zero attached hydrogens (tertiary/aromatic N) is 1. The molecule has 3 heterocycles. The molecule has 1 aliphatic heterocycles. The maximum absolute atomic E-state index is 12.6. The van der Waals surface area contributed by atoms with Gasteiger partial charge < -0.3 is 14.7 Å². The number of H-pyrrole nitrogens is 1. The van der Waals surface area contributed by atoms with Gasteiger partial charge in [-0.3, -0.25) is 0 Å². The summed E-state index contributed by atoms with van der Waals surface area (Å²) in [5.41, 5.74) is 2.74. The Morgan fingerprint density at radius 1 is 1.21 bits per heavy atom. The van der Waals surface area contributed by atoms with Crippen LogP contribution in [0.15, 0.2) is 59.7 Å². The van der Waals surface area contributed by atoms with Crippen molar-refractivity contribution in [2.75, 3.05) is 5.75 Å². The van der Waals surface area contributed by atoms with Crippen molar-refractivity contribution < 1.29 is 18.1 Å². The van der Waals surface area contributed by atoms with Gasteiger partial charge in [0.05, 0.1) is 16.8 Å². The van der Waals surface area contributed by atoms with Gasteiger partial charge in [-0.05, 0) is 54.4 Å². The highest BCUT2D eigenvalue weighted by Gasteiger charge is 2.39. The second kappa shape index (κ2) is 6.50. The third-order valence-corrected chi connectivity index (χ3v) is 7.54. The van der Waals surface area contributed by atoms with Crippen molar-refractivity contribution in [1.82, 2.24) is 9.97 Å². The fraction of sp³-hybridized carbons (Fsp3) is 0.250. The van der Waals surface area contributed by atoms with Crippen molar-refractivity contribution in [3.8, 4) is 5.75 Å². The van der Waals surface area contributed by atoms with Crippen LogP contribution >= 0.6 is 0 Å². The molecule has 5 rings (SSSR count). The molecular weight excluding hydrogens is 375 g/mol. The Labute approximate surface area is 163 Å². The molecule has 8 heteroatoms. The number of hydrogen-bond acceptors (Lipinski definition) is 5. The van der Waals surface area contributed by atoms with E-state index in [2.05, 4.69) is 9.97 Å². The largest absolute Gasteiger partial charge is 0.552 e. The fourth-order valence-electron chi connectivity index (χ4n) is 4.28. The SMILES string of the molecule is O=S(=O)(CC1CC(C2=CB(O)Oc3cnc4[nH]ccc4c32)C1)c1ccccc1. The molecule has 1 aliphatic carbocycles. The molecule has 3 aromatic rings. The van der Waals surface area contributed by atoms with Crippen molar-refractivity contribution in [2.24, 2.45) is 11.8 Å². The lowest BCUT2D eigenvalue weighted by atomic mass is 9.66. The molecule has 2 aromatic heterocycles.